The molecule has 2 unspecified atom stereocenters. The van der Waals surface area contributed by atoms with Gasteiger partial charge in [-0.3, -0.25) is 0 Å². The summed E-state index contributed by atoms with van der Waals surface area (Å²) in [5.74, 6) is 0.486. The van der Waals surface area contributed by atoms with Gasteiger partial charge in [0.05, 0.1) is 5.60 Å². The van der Waals surface area contributed by atoms with Crippen molar-refractivity contribution in [3.63, 3.8) is 0 Å². The predicted molar refractivity (Wildman–Crippen MR) is 129 cm³/mol. The second-order valence-corrected chi connectivity index (χ2v) is 10.8. The molecule has 1 saturated carbocycles. The minimum atomic E-state index is -0.601. The number of benzene rings is 2. The van der Waals surface area contributed by atoms with Crippen LogP contribution in [-0.4, -0.2) is 40.4 Å². The molecule has 0 radical (unpaired) electrons. The maximum atomic E-state index is 13.3. The van der Waals surface area contributed by atoms with Crippen LogP contribution in [0.25, 0.3) is 11.1 Å². The van der Waals surface area contributed by atoms with E-state index < -0.39 is 5.60 Å². The lowest BCUT2D eigenvalue weighted by Crippen LogP contribution is -2.56. The van der Waals surface area contributed by atoms with Gasteiger partial charge in [0.2, 0.25) is 0 Å². The standard InChI is InChI=1S/C29H35NO3/c31-28(33-19-27-25-13-7-5-11-23(25)24-12-6-8-14-26(24)27)30-21-15-16-22(30)18-29(32,17-21)20-9-3-1-2-4-10-20/h5-8,11-14,20-22,27,32H,1-4,9-10,15-19H2. The molecule has 2 aromatic rings. The lowest BCUT2D eigenvalue weighted by atomic mass is 9.73. The van der Waals surface area contributed by atoms with Crippen LogP contribution in [0.15, 0.2) is 48.5 Å². The van der Waals surface area contributed by atoms with Crippen LogP contribution in [0.5, 0.6) is 0 Å². The second-order valence-electron chi connectivity index (χ2n) is 10.8. The van der Waals surface area contributed by atoms with Crippen LogP contribution in [0.1, 0.15) is 81.3 Å². The van der Waals surface area contributed by atoms with Gasteiger partial charge in [-0.1, -0.05) is 74.2 Å². The van der Waals surface area contributed by atoms with Gasteiger partial charge in [0.15, 0.2) is 0 Å². The minimum absolute atomic E-state index is 0.0896. The summed E-state index contributed by atoms with van der Waals surface area (Å²) in [6, 6.07) is 17.2. The number of nitrogens with zero attached hydrogens (tertiary/aromatic N) is 1. The fourth-order valence-electron chi connectivity index (χ4n) is 7.38. The van der Waals surface area contributed by atoms with Crippen LogP contribution in [0, 0.1) is 5.92 Å². The van der Waals surface area contributed by atoms with E-state index in [9.17, 15) is 9.90 Å². The van der Waals surface area contributed by atoms with E-state index in [1.54, 1.807) is 0 Å². The number of carbonyl (C=O) groups is 1. The number of fused-ring (bicyclic) bond motifs is 5. The van der Waals surface area contributed by atoms with Crippen molar-refractivity contribution in [3.8, 4) is 11.1 Å². The van der Waals surface area contributed by atoms with Crippen molar-refractivity contribution in [1.82, 2.24) is 4.90 Å². The molecule has 2 bridgehead atoms. The van der Waals surface area contributed by atoms with Crippen molar-refractivity contribution in [1.29, 1.82) is 0 Å². The Morgan fingerprint density at radius 2 is 1.39 bits per heavy atom. The van der Waals surface area contributed by atoms with Gasteiger partial charge < -0.3 is 14.7 Å². The second kappa shape index (κ2) is 8.47. The maximum absolute atomic E-state index is 13.3. The first-order chi connectivity index (χ1) is 16.1. The van der Waals surface area contributed by atoms with Crippen LogP contribution in [0.2, 0.25) is 0 Å². The van der Waals surface area contributed by atoms with Crippen LogP contribution >= 0.6 is 0 Å². The minimum Gasteiger partial charge on any atom is -0.448 e. The number of ether oxygens (including phenoxy) is 1. The third kappa shape index (κ3) is 3.67. The summed E-state index contributed by atoms with van der Waals surface area (Å²) >= 11 is 0. The van der Waals surface area contributed by atoms with E-state index in [1.807, 2.05) is 4.90 Å². The first-order valence-corrected chi connectivity index (χ1v) is 13.0. The van der Waals surface area contributed by atoms with E-state index in [2.05, 4.69) is 48.5 Å². The lowest BCUT2D eigenvalue weighted by molar-refractivity contribution is -0.0906. The molecule has 6 rings (SSSR count). The summed E-state index contributed by atoms with van der Waals surface area (Å²) < 4.78 is 6.00. The van der Waals surface area contributed by atoms with Gasteiger partial charge >= 0.3 is 6.09 Å². The predicted octanol–water partition coefficient (Wildman–Crippen LogP) is 6.26. The Hall–Kier alpha value is -2.33. The summed E-state index contributed by atoms with van der Waals surface area (Å²) in [5.41, 5.74) is 4.39. The smallest absolute Gasteiger partial charge is 0.410 e. The van der Waals surface area contributed by atoms with Gasteiger partial charge in [-0.2, -0.15) is 0 Å². The average Bonchev–Trinajstić information content (AvgIpc) is 3.12. The molecule has 2 aliphatic carbocycles. The first kappa shape index (κ1) is 21.2. The highest BCUT2D eigenvalue weighted by Gasteiger charge is 2.52. The van der Waals surface area contributed by atoms with Crippen molar-refractivity contribution in [3.05, 3.63) is 59.7 Å². The molecule has 4 aliphatic rings. The molecule has 0 aromatic heterocycles. The molecular formula is C29H35NO3. The number of rotatable bonds is 3. The third-order valence-corrected chi connectivity index (χ3v) is 8.96. The average molecular weight is 446 g/mol. The summed E-state index contributed by atoms with van der Waals surface area (Å²) in [6.45, 7) is 0.371. The van der Waals surface area contributed by atoms with E-state index >= 15 is 0 Å². The van der Waals surface area contributed by atoms with Gasteiger partial charge in [0.1, 0.15) is 6.61 Å². The van der Waals surface area contributed by atoms with Gasteiger partial charge in [-0.05, 0) is 66.7 Å². The van der Waals surface area contributed by atoms with E-state index in [0.29, 0.717) is 12.5 Å². The van der Waals surface area contributed by atoms with Crippen LogP contribution < -0.4 is 0 Å². The summed E-state index contributed by atoms with van der Waals surface area (Å²) in [5, 5.41) is 11.6. The number of amides is 1. The maximum Gasteiger partial charge on any atom is 0.410 e. The number of hydrogen-bond acceptors (Lipinski definition) is 3. The third-order valence-electron chi connectivity index (χ3n) is 8.96. The Balaban J connectivity index is 1.15. The number of carbonyl (C=O) groups excluding carboxylic acids is 1. The van der Waals surface area contributed by atoms with Crippen molar-refractivity contribution < 1.29 is 14.6 Å². The Morgan fingerprint density at radius 3 is 1.97 bits per heavy atom. The summed E-state index contributed by atoms with van der Waals surface area (Å²) in [4.78, 5) is 15.3. The van der Waals surface area contributed by atoms with Crippen LogP contribution in [0.3, 0.4) is 0 Å². The van der Waals surface area contributed by atoms with E-state index in [-0.39, 0.29) is 24.1 Å². The van der Waals surface area contributed by atoms with Gasteiger partial charge in [-0.15, -0.1) is 0 Å². The number of aliphatic hydroxyl groups is 1. The highest BCUT2D eigenvalue weighted by molar-refractivity contribution is 5.79. The molecular weight excluding hydrogens is 410 g/mol. The fourth-order valence-corrected chi connectivity index (χ4v) is 7.38. The van der Waals surface area contributed by atoms with Crippen LogP contribution in [-0.2, 0) is 4.74 Å². The topological polar surface area (TPSA) is 49.8 Å². The van der Waals surface area contributed by atoms with Crippen LogP contribution in [0.4, 0.5) is 4.79 Å². The zero-order valence-electron chi connectivity index (χ0n) is 19.4. The molecule has 2 aliphatic heterocycles. The molecule has 33 heavy (non-hydrogen) atoms. The zero-order chi connectivity index (χ0) is 22.4. The normalized spacial score (nSPS) is 29.4. The summed E-state index contributed by atoms with van der Waals surface area (Å²) in [7, 11) is 0. The van der Waals surface area contributed by atoms with E-state index in [0.717, 1.165) is 38.5 Å². The molecule has 1 N–H and O–H groups in total. The molecule has 4 nitrogen and oxygen atoms in total. The van der Waals surface area contributed by atoms with E-state index in [4.69, 9.17) is 4.74 Å². The molecule has 4 heteroatoms. The summed E-state index contributed by atoms with van der Waals surface area (Å²) in [6.07, 6.45) is 10.6. The molecule has 3 fully saturated rings. The Morgan fingerprint density at radius 1 is 0.848 bits per heavy atom. The monoisotopic (exact) mass is 445 g/mol. The molecule has 2 aromatic carbocycles. The van der Waals surface area contributed by atoms with Gasteiger partial charge in [-0.25, -0.2) is 4.79 Å². The molecule has 174 valence electrons. The Labute approximate surface area is 196 Å². The van der Waals surface area contributed by atoms with Gasteiger partial charge in [0, 0.05) is 18.0 Å². The highest BCUT2D eigenvalue weighted by Crippen LogP contribution is 2.48. The number of piperidine rings is 1. The quantitative estimate of drug-likeness (QED) is 0.567. The lowest BCUT2D eigenvalue weighted by Gasteiger charge is -2.47. The molecule has 2 saturated heterocycles. The zero-order valence-corrected chi connectivity index (χ0v) is 19.4. The van der Waals surface area contributed by atoms with E-state index in [1.165, 1.54) is 47.9 Å². The Bertz CT molecular complexity index is 966. The highest BCUT2D eigenvalue weighted by atomic mass is 16.6. The number of hydrogen-bond donors (Lipinski definition) is 1. The largest absolute Gasteiger partial charge is 0.448 e. The first-order valence-electron chi connectivity index (χ1n) is 13.0. The van der Waals surface area contributed by atoms with Gasteiger partial charge in [0.25, 0.3) is 0 Å². The van der Waals surface area contributed by atoms with Crippen molar-refractivity contribution in [2.75, 3.05) is 6.61 Å². The SMILES string of the molecule is O=C(OCC1c2ccccc2-c2ccccc21)N1C2CCC1CC(O)(C1CCCCCC1)C2. The Kier molecular flexibility index (Phi) is 5.44. The molecule has 2 heterocycles. The molecule has 0 spiro atoms. The molecule has 1 amide bonds. The molecule has 2 atom stereocenters. The van der Waals surface area contributed by atoms with Crippen molar-refractivity contribution in [2.45, 2.75) is 87.8 Å². The fraction of sp³-hybridized carbons (Fsp3) is 0.552. The van der Waals surface area contributed by atoms with Crippen molar-refractivity contribution in [2.24, 2.45) is 5.92 Å². The van der Waals surface area contributed by atoms with Crippen molar-refractivity contribution >= 4 is 6.09 Å².